The average molecular weight is 437 g/mol. The van der Waals surface area contributed by atoms with Crippen LogP contribution in [0.15, 0.2) is 54.6 Å². The zero-order valence-electron chi connectivity index (χ0n) is 24.7. The number of nitrogens with one attached hydrogen (secondary N) is 2. The molecule has 4 heteroatoms. The van der Waals surface area contributed by atoms with Gasteiger partial charge in [-0.2, -0.15) is 0 Å². The van der Waals surface area contributed by atoms with Crippen LogP contribution in [0, 0.1) is 6.85 Å². The fourth-order valence-electron chi connectivity index (χ4n) is 3.57. The van der Waals surface area contributed by atoms with Crippen LogP contribution in [0.25, 0.3) is 21.9 Å². The molecule has 0 unspecified atom stereocenters. The molecule has 0 aromatic heterocycles. The third-order valence-corrected chi connectivity index (χ3v) is 5.27. The van der Waals surface area contributed by atoms with E-state index in [0.29, 0.717) is 24.9 Å². The molecule has 0 aliphatic carbocycles. The van der Waals surface area contributed by atoms with Crippen LogP contribution in [-0.4, -0.2) is 24.9 Å². The minimum atomic E-state index is -2.67. The van der Waals surface area contributed by atoms with Crippen molar-refractivity contribution in [2.45, 2.75) is 52.8 Å². The van der Waals surface area contributed by atoms with Crippen LogP contribution in [0.5, 0.6) is 0 Å². The highest BCUT2D eigenvalue weighted by atomic mass is 16.2. The number of fused-ring (bicyclic) bond motifs is 1. The molecule has 0 aliphatic rings. The van der Waals surface area contributed by atoms with Gasteiger partial charge in [-0.15, -0.1) is 0 Å². The lowest BCUT2D eigenvalue weighted by Crippen LogP contribution is -2.26. The molecule has 0 saturated heterocycles. The third kappa shape index (κ3) is 5.56. The van der Waals surface area contributed by atoms with Gasteiger partial charge >= 0.3 is 0 Å². The molecule has 168 valence electrons. The van der Waals surface area contributed by atoms with E-state index in [1.54, 1.807) is 36.4 Å². The van der Waals surface area contributed by atoms with Gasteiger partial charge in [-0.3, -0.25) is 9.59 Å². The molecule has 3 aromatic carbocycles. The Bertz CT molecular complexity index is 1320. The molecule has 0 bridgehead atoms. The van der Waals surface area contributed by atoms with Crippen molar-refractivity contribution in [1.29, 1.82) is 0 Å². The molecule has 0 spiro atoms. The van der Waals surface area contributed by atoms with Gasteiger partial charge in [0.15, 0.2) is 0 Å². The van der Waals surface area contributed by atoms with E-state index in [1.165, 1.54) is 12.1 Å². The zero-order valence-corrected chi connectivity index (χ0v) is 18.7. The Morgan fingerprint density at radius 1 is 0.906 bits per heavy atom. The first-order valence-electron chi connectivity index (χ1n) is 14.2. The largest absolute Gasteiger partial charge is 0.356 e. The van der Waals surface area contributed by atoms with Crippen molar-refractivity contribution in [3.8, 4) is 11.1 Å². The number of rotatable bonds is 10. The summed E-state index contributed by atoms with van der Waals surface area (Å²) in [5, 5.41) is 6.10. The maximum absolute atomic E-state index is 13.6. The van der Waals surface area contributed by atoms with E-state index in [9.17, 15) is 9.59 Å². The van der Waals surface area contributed by atoms with Crippen molar-refractivity contribution in [3.05, 3.63) is 71.3 Å². The summed E-state index contributed by atoms with van der Waals surface area (Å²) in [4.78, 5) is 26.5. The molecule has 3 rings (SSSR count). The third-order valence-electron chi connectivity index (χ3n) is 5.27. The second kappa shape index (κ2) is 11.5. The summed E-state index contributed by atoms with van der Waals surface area (Å²) < 4.78 is 51.0. The predicted molar refractivity (Wildman–Crippen MR) is 133 cm³/mol. The Morgan fingerprint density at radius 2 is 1.56 bits per heavy atom. The molecule has 0 fully saturated rings. The van der Waals surface area contributed by atoms with Crippen LogP contribution in [0.2, 0.25) is 0 Å². The van der Waals surface area contributed by atoms with Gasteiger partial charge in [0.1, 0.15) is 0 Å². The van der Waals surface area contributed by atoms with E-state index in [0.717, 1.165) is 19.3 Å². The molecule has 3 aromatic rings. The number of carbonyl (C=O) groups is 2. The highest BCUT2D eigenvalue weighted by Gasteiger charge is 2.20. The molecule has 0 saturated carbocycles. The van der Waals surface area contributed by atoms with Crippen LogP contribution in [-0.2, 0) is 11.2 Å². The summed E-state index contributed by atoms with van der Waals surface area (Å²) in [6.45, 7) is 1.98. The van der Waals surface area contributed by atoms with Gasteiger partial charge in [-0.05, 0) is 58.8 Å². The molecule has 0 heterocycles. The Balaban J connectivity index is 2.38. The summed E-state index contributed by atoms with van der Waals surface area (Å²) >= 11 is 0. The number of amides is 2. The lowest BCUT2D eigenvalue weighted by atomic mass is 9.88. The van der Waals surface area contributed by atoms with Gasteiger partial charge in [0.25, 0.3) is 5.91 Å². The molecule has 2 amide bonds. The van der Waals surface area contributed by atoms with Crippen molar-refractivity contribution in [2.24, 2.45) is 0 Å². The van der Waals surface area contributed by atoms with Crippen molar-refractivity contribution >= 4 is 22.6 Å². The van der Waals surface area contributed by atoms with Gasteiger partial charge < -0.3 is 10.6 Å². The van der Waals surface area contributed by atoms with Crippen molar-refractivity contribution in [2.75, 3.05) is 13.1 Å². The van der Waals surface area contributed by atoms with E-state index in [1.807, 2.05) is 13.8 Å². The topological polar surface area (TPSA) is 58.2 Å². The molecular formula is C28H34N2O2. The van der Waals surface area contributed by atoms with Gasteiger partial charge in [-0.25, -0.2) is 0 Å². The summed E-state index contributed by atoms with van der Waals surface area (Å²) in [6, 6.07) is 12.3. The van der Waals surface area contributed by atoms with Gasteiger partial charge in [0.2, 0.25) is 5.91 Å². The van der Waals surface area contributed by atoms with Crippen LogP contribution in [0.4, 0.5) is 0 Å². The van der Waals surface area contributed by atoms with Crippen molar-refractivity contribution < 1.29 is 17.8 Å². The molecule has 32 heavy (non-hydrogen) atoms. The lowest BCUT2D eigenvalue weighted by molar-refractivity contribution is -0.120. The minimum Gasteiger partial charge on any atom is -0.356 e. The van der Waals surface area contributed by atoms with Crippen molar-refractivity contribution in [3.63, 3.8) is 0 Å². The number of carbonyl (C=O) groups excluding carboxylic acids is 2. The fraction of sp³-hybridized carbons (Fsp3) is 0.357. The molecular weight excluding hydrogens is 396 g/mol. The molecule has 0 aliphatic heterocycles. The Kier molecular flexibility index (Phi) is 5.91. The smallest absolute Gasteiger partial charge is 0.252 e. The number of hydrogen-bond acceptors (Lipinski definition) is 2. The Hall–Kier alpha value is -3.14. The van der Waals surface area contributed by atoms with E-state index < -0.39 is 25.0 Å². The van der Waals surface area contributed by atoms with Crippen LogP contribution in [0.1, 0.15) is 69.2 Å². The van der Waals surface area contributed by atoms with Crippen LogP contribution >= 0.6 is 0 Å². The first-order valence-corrected chi connectivity index (χ1v) is 11.2. The van der Waals surface area contributed by atoms with E-state index in [-0.39, 0.29) is 39.2 Å². The highest BCUT2D eigenvalue weighted by Crippen LogP contribution is 2.35. The van der Waals surface area contributed by atoms with Gasteiger partial charge in [-0.1, -0.05) is 75.2 Å². The maximum Gasteiger partial charge on any atom is 0.252 e. The summed E-state index contributed by atoms with van der Waals surface area (Å²) in [5.74, 6) is -1.33. The monoisotopic (exact) mass is 436 g/mol. The second-order valence-electron chi connectivity index (χ2n) is 7.69. The SMILES string of the molecule is [2H]c1c(-c2ccccc2C([2H])([2H])C(=O)NCCCC)c(C(=O)NCCCC)c2ccccc2c1C([2H])([2H])[2H]. The number of hydrogen-bond donors (Lipinski definition) is 2. The lowest BCUT2D eigenvalue weighted by Gasteiger charge is -2.18. The Labute approximate surface area is 199 Å². The number of benzene rings is 3. The van der Waals surface area contributed by atoms with Crippen LogP contribution < -0.4 is 10.6 Å². The Morgan fingerprint density at radius 3 is 2.28 bits per heavy atom. The van der Waals surface area contributed by atoms with Gasteiger partial charge in [0.05, 0.1) is 13.3 Å². The summed E-state index contributed by atoms with van der Waals surface area (Å²) in [7, 11) is 0. The standard InChI is InChI=1S/C28H34N2O2/c1-4-6-16-29-26(31)19-21-12-8-9-14-23(21)25-18-20(3)22-13-10-11-15-24(22)27(25)28(32)30-17-7-5-2/h8-15,18H,4-7,16-17,19H2,1-3H3,(H,29,31)(H,30,32)/i3D3,18D,19D2. The minimum absolute atomic E-state index is 0.00958. The van der Waals surface area contributed by atoms with E-state index in [2.05, 4.69) is 10.6 Å². The second-order valence-corrected chi connectivity index (χ2v) is 7.69. The summed E-state index contributed by atoms with van der Waals surface area (Å²) in [5.41, 5.74) is -0.0631. The van der Waals surface area contributed by atoms with E-state index in [4.69, 9.17) is 8.22 Å². The summed E-state index contributed by atoms with van der Waals surface area (Å²) in [6.07, 6.45) is 0.601. The average Bonchev–Trinajstić information content (AvgIpc) is 2.87. The van der Waals surface area contributed by atoms with Gasteiger partial charge in [0, 0.05) is 19.9 Å². The maximum atomic E-state index is 13.6. The zero-order chi connectivity index (χ0) is 28.1. The first kappa shape index (κ1) is 16.5. The highest BCUT2D eigenvalue weighted by molar-refractivity contribution is 6.13. The molecule has 2 N–H and O–H groups in total. The van der Waals surface area contributed by atoms with E-state index >= 15 is 0 Å². The first-order chi connectivity index (χ1) is 18.0. The van der Waals surface area contributed by atoms with Crippen molar-refractivity contribution in [1.82, 2.24) is 10.6 Å². The quantitative estimate of drug-likeness (QED) is 0.394. The molecule has 0 radical (unpaired) electrons. The molecule has 4 nitrogen and oxygen atoms in total. The molecule has 0 atom stereocenters. The van der Waals surface area contributed by atoms with Crippen LogP contribution in [0.3, 0.4) is 0 Å². The number of aryl methyl sites for hydroxylation is 1. The number of unbranched alkanes of at least 4 members (excludes halogenated alkanes) is 2. The fourth-order valence-corrected chi connectivity index (χ4v) is 3.57. The normalized spacial score (nSPS) is 14.4. The predicted octanol–water partition coefficient (Wildman–Crippen LogP) is 5.80.